The minimum Gasteiger partial charge on any atom is -0.488 e. The summed E-state index contributed by atoms with van der Waals surface area (Å²) < 4.78 is 11.7. The van der Waals surface area contributed by atoms with Crippen molar-refractivity contribution in [3.05, 3.63) is 46.5 Å². The van der Waals surface area contributed by atoms with E-state index in [1.165, 1.54) is 89.0 Å². The van der Waals surface area contributed by atoms with E-state index in [-0.39, 0.29) is 0 Å². The third kappa shape index (κ3) is 11.8. The molecule has 174 valence electrons. The van der Waals surface area contributed by atoms with Crippen molar-refractivity contribution in [1.29, 1.82) is 0 Å². The van der Waals surface area contributed by atoms with Crippen molar-refractivity contribution in [2.24, 2.45) is 0 Å². The maximum Gasteiger partial charge on any atom is 0.127 e. The van der Waals surface area contributed by atoms with Gasteiger partial charge in [-0.05, 0) is 24.1 Å². The van der Waals surface area contributed by atoms with Gasteiger partial charge in [-0.1, -0.05) is 120 Å². The summed E-state index contributed by atoms with van der Waals surface area (Å²) in [6, 6.07) is 6.27. The molecule has 0 aliphatic carbocycles. The van der Waals surface area contributed by atoms with Gasteiger partial charge in [-0.25, -0.2) is 0 Å². The highest BCUT2D eigenvalue weighted by molar-refractivity contribution is 6.25. The molecule has 1 heterocycles. The molecule has 0 radical (unpaired) electrons. The monoisotopic (exact) mass is 446 g/mol. The van der Waals surface area contributed by atoms with E-state index in [1.54, 1.807) is 5.54 Å². The minimum atomic E-state index is 0.516. The summed E-state index contributed by atoms with van der Waals surface area (Å²) in [6.45, 7) is 4.31. The summed E-state index contributed by atoms with van der Waals surface area (Å²) in [5, 5.41) is 0. The van der Waals surface area contributed by atoms with Crippen LogP contribution >= 0.6 is 11.6 Å². The summed E-state index contributed by atoms with van der Waals surface area (Å²) in [5.41, 5.74) is 4.83. The number of unbranched alkanes of at least 4 members (excludes halogenated alkanes) is 13. The fraction of sp³-hybridized carbons (Fsp3) is 0.643. The number of halogens is 1. The topological polar surface area (TPSA) is 18.5 Å². The van der Waals surface area contributed by atoms with Crippen LogP contribution in [0.2, 0.25) is 0 Å². The van der Waals surface area contributed by atoms with Crippen LogP contribution in [-0.2, 0) is 11.3 Å². The second-order valence-corrected chi connectivity index (χ2v) is 9.05. The van der Waals surface area contributed by atoms with Gasteiger partial charge in [0, 0.05) is 23.3 Å². The van der Waals surface area contributed by atoms with E-state index in [4.69, 9.17) is 21.1 Å². The molecule has 2 nitrogen and oxygen atoms in total. The fourth-order valence-corrected chi connectivity index (χ4v) is 4.15. The Morgan fingerprint density at radius 2 is 1.45 bits per heavy atom. The molecule has 0 amide bonds. The Morgan fingerprint density at radius 1 is 0.839 bits per heavy atom. The summed E-state index contributed by atoms with van der Waals surface area (Å²) in [4.78, 5) is 0. The van der Waals surface area contributed by atoms with Crippen molar-refractivity contribution in [3.8, 4) is 5.75 Å². The van der Waals surface area contributed by atoms with Crippen LogP contribution in [0.3, 0.4) is 0 Å². The minimum absolute atomic E-state index is 0.516. The van der Waals surface area contributed by atoms with Crippen molar-refractivity contribution in [1.82, 2.24) is 0 Å². The van der Waals surface area contributed by atoms with Crippen LogP contribution in [0.1, 0.15) is 108 Å². The third-order valence-electron chi connectivity index (χ3n) is 6.00. The fourth-order valence-electron chi connectivity index (χ4n) is 4.01. The van der Waals surface area contributed by atoms with Crippen LogP contribution in [0.15, 0.2) is 35.4 Å². The van der Waals surface area contributed by atoms with Gasteiger partial charge < -0.3 is 9.47 Å². The number of benzene rings is 1. The standard InChI is InChI=1S/C28H43ClO2/c1-2-3-4-5-6-7-8-9-10-11-12-13-14-15-20-30-23-25-17-19-28-27(21-25)18-16-26(22-29)24-31-28/h16-19,21-22H,2-15,20,23-24H2,1H3/b26-22+. The lowest BCUT2D eigenvalue weighted by Gasteiger charge is -2.09. The summed E-state index contributed by atoms with van der Waals surface area (Å²) in [7, 11) is 0. The van der Waals surface area contributed by atoms with Gasteiger partial charge in [0.15, 0.2) is 0 Å². The molecule has 0 aromatic heterocycles. The van der Waals surface area contributed by atoms with Crippen molar-refractivity contribution in [2.75, 3.05) is 13.2 Å². The van der Waals surface area contributed by atoms with Crippen LogP contribution in [0.5, 0.6) is 5.75 Å². The molecule has 0 atom stereocenters. The zero-order chi connectivity index (χ0) is 22.0. The van der Waals surface area contributed by atoms with E-state index >= 15 is 0 Å². The third-order valence-corrected chi connectivity index (χ3v) is 6.28. The smallest absolute Gasteiger partial charge is 0.127 e. The van der Waals surface area contributed by atoms with Gasteiger partial charge in [0.1, 0.15) is 12.4 Å². The van der Waals surface area contributed by atoms with Crippen LogP contribution in [0, 0.1) is 0 Å². The summed E-state index contributed by atoms with van der Waals surface area (Å²) in [5.74, 6) is 0.903. The Bertz CT molecular complexity index is 650. The lowest BCUT2D eigenvalue weighted by atomic mass is 10.0. The molecule has 2 rings (SSSR count). The molecule has 1 aliphatic heterocycles. The SMILES string of the molecule is CCCCCCCCCCCCCCCCOCc1ccc2c(c1)C=C/C(=C\Cl)CO2. The second-order valence-electron chi connectivity index (χ2n) is 8.83. The molecule has 0 unspecified atom stereocenters. The van der Waals surface area contributed by atoms with Crippen LogP contribution < -0.4 is 4.74 Å². The van der Waals surface area contributed by atoms with Gasteiger partial charge in [-0.2, -0.15) is 0 Å². The molecule has 1 aromatic carbocycles. The van der Waals surface area contributed by atoms with Crippen LogP contribution in [0.4, 0.5) is 0 Å². The molecule has 0 saturated heterocycles. The zero-order valence-electron chi connectivity index (χ0n) is 19.7. The quantitative estimate of drug-likeness (QED) is 0.222. The van der Waals surface area contributed by atoms with E-state index in [1.807, 2.05) is 12.1 Å². The molecule has 0 fully saturated rings. The van der Waals surface area contributed by atoms with Crippen molar-refractivity contribution in [2.45, 2.75) is 103 Å². The predicted octanol–water partition coefficient (Wildman–Crippen LogP) is 9.21. The normalized spacial score (nSPS) is 14.5. The molecule has 1 aromatic rings. The lowest BCUT2D eigenvalue weighted by Crippen LogP contribution is -1.99. The Labute approximate surface area is 196 Å². The van der Waals surface area contributed by atoms with Crippen LogP contribution in [0.25, 0.3) is 6.08 Å². The maximum atomic E-state index is 5.89. The molecular formula is C28H43ClO2. The Morgan fingerprint density at radius 3 is 2.06 bits per heavy atom. The van der Waals surface area contributed by atoms with Gasteiger partial charge in [0.25, 0.3) is 0 Å². The lowest BCUT2D eigenvalue weighted by molar-refractivity contribution is 0.116. The highest BCUT2D eigenvalue weighted by Gasteiger charge is 2.08. The van der Waals surface area contributed by atoms with Gasteiger partial charge in [-0.15, -0.1) is 0 Å². The maximum absolute atomic E-state index is 5.89. The van der Waals surface area contributed by atoms with E-state index in [2.05, 4.69) is 25.1 Å². The first kappa shape index (κ1) is 26.0. The highest BCUT2D eigenvalue weighted by atomic mass is 35.5. The first-order valence-electron chi connectivity index (χ1n) is 12.6. The van der Waals surface area contributed by atoms with E-state index in [9.17, 15) is 0 Å². The van der Waals surface area contributed by atoms with E-state index < -0.39 is 0 Å². The number of ether oxygens (including phenoxy) is 2. The first-order valence-corrected chi connectivity index (χ1v) is 13.1. The average Bonchev–Trinajstić information content (AvgIpc) is 3.00. The summed E-state index contributed by atoms with van der Waals surface area (Å²) in [6.07, 6.45) is 23.5. The van der Waals surface area contributed by atoms with Gasteiger partial charge in [0.05, 0.1) is 6.61 Å². The molecule has 31 heavy (non-hydrogen) atoms. The second kappa shape index (κ2) is 17.3. The van der Waals surface area contributed by atoms with Gasteiger partial charge in [0.2, 0.25) is 0 Å². The van der Waals surface area contributed by atoms with Crippen molar-refractivity contribution < 1.29 is 9.47 Å². The molecular weight excluding hydrogens is 404 g/mol. The number of fused-ring (bicyclic) bond motifs is 1. The zero-order valence-corrected chi connectivity index (χ0v) is 20.4. The van der Waals surface area contributed by atoms with Crippen molar-refractivity contribution >= 4 is 17.7 Å². The Balaban J connectivity index is 1.42. The number of rotatable bonds is 17. The summed E-state index contributed by atoms with van der Waals surface area (Å²) >= 11 is 5.80. The van der Waals surface area contributed by atoms with Crippen LogP contribution in [-0.4, -0.2) is 13.2 Å². The molecule has 0 spiro atoms. The molecule has 0 bridgehead atoms. The van der Waals surface area contributed by atoms with E-state index in [0.717, 1.165) is 29.9 Å². The van der Waals surface area contributed by atoms with E-state index in [0.29, 0.717) is 13.2 Å². The Hall–Kier alpha value is -1.25. The molecule has 0 saturated carbocycles. The largest absolute Gasteiger partial charge is 0.488 e. The highest BCUT2D eigenvalue weighted by Crippen LogP contribution is 2.26. The number of hydrogen-bond acceptors (Lipinski definition) is 2. The molecule has 3 heteroatoms. The van der Waals surface area contributed by atoms with Gasteiger partial charge in [-0.3, -0.25) is 0 Å². The first-order chi connectivity index (χ1) is 15.3. The molecule has 0 N–H and O–H groups in total. The average molecular weight is 447 g/mol. The van der Waals surface area contributed by atoms with Gasteiger partial charge >= 0.3 is 0 Å². The van der Waals surface area contributed by atoms with Crippen molar-refractivity contribution in [3.63, 3.8) is 0 Å². The number of hydrogen-bond donors (Lipinski definition) is 0. The Kier molecular flexibility index (Phi) is 14.5. The molecule has 1 aliphatic rings. The predicted molar refractivity (Wildman–Crippen MR) is 135 cm³/mol.